The van der Waals surface area contributed by atoms with Gasteiger partial charge in [0, 0.05) is 17.8 Å². The molecule has 2 heterocycles. The minimum absolute atomic E-state index is 0.0682. The number of aryl methyl sites for hydroxylation is 1. The number of hydrogen-bond donors (Lipinski definition) is 2. The number of ether oxygens (including phenoxy) is 1. The van der Waals surface area contributed by atoms with E-state index in [1.54, 1.807) is 6.26 Å². The Kier molecular flexibility index (Phi) is 3.69. The van der Waals surface area contributed by atoms with Crippen molar-refractivity contribution in [2.45, 2.75) is 26.1 Å². The molecule has 3 N–H and O–H groups in total. The molecule has 6 nitrogen and oxygen atoms in total. The maximum Gasteiger partial charge on any atom is 0.327 e. The Balaban J connectivity index is 2.15. The molecule has 0 fully saturated rings. The van der Waals surface area contributed by atoms with Gasteiger partial charge in [0.15, 0.2) is 12.3 Å². The molecule has 2 aromatic rings. The second-order valence-corrected chi connectivity index (χ2v) is 3.97. The van der Waals surface area contributed by atoms with Crippen molar-refractivity contribution in [3.05, 3.63) is 24.1 Å². The zero-order valence-corrected chi connectivity index (χ0v) is 10.1. The Labute approximate surface area is 104 Å². The van der Waals surface area contributed by atoms with Crippen molar-refractivity contribution in [3.8, 4) is 0 Å². The molecule has 0 amide bonds. The van der Waals surface area contributed by atoms with Gasteiger partial charge in [-0.2, -0.15) is 0 Å². The predicted molar refractivity (Wildman–Crippen MR) is 64.7 cm³/mol. The van der Waals surface area contributed by atoms with Crippen LogP contribution in [-0.2, 0) is 22.7 Å². The van der Waals surface area contributed by atoms with Crippen molar-refractivity contribution in [3.63, 3.8) is 0 Å². The number of nitrogens with two attached hydrogens (primary N) is 1. The van der Waals surface area contributed by atoms with Gasteiger partial charge in [-0.15, -0.1) is 0 Å². The van der Waals surface area contributed by atoms with E-state index in [1.807, 2.05) is 23.6 Å². The van der Waals surface area contributed by atoms with E-state index in [0.717, 1.165) is 23.2 Å². The van der Waals surface area contributed by atoms with Crippen LogP contribution in [-0.4, -0.2) is 28.3 Å². The van der Waals surface area contributed by atoms with Crippen molar-refractivity contribution in [2.24, 2.45) is 5.73 Å². The standard InChI is InChI=1S/C12H16N2O4/c1-2-8-5-11-10(3-4-17-11)14(8)7-18-12(16)9(13)6-15/h3-5,9,15H,2,6-7,13H2,1H3/t9-/m0/s1. The van der Waals surface area contributed by atoms with Gasteiger partial charge in [-0.3, -0.25) is 4.79 Å². The Morgan fingerprint density at radius 1 is 1.67 bits per heavy atom. The first-order valence-electron chi connectivity index (χ1n) is 5.76. The summed E-state index contributed by atoms with van der Waals surface area (Å²) in [7, 11) is 0. The summed E-state index contributed by atoms with van der Waals surface area (Å²) in [5.41, 5.74) is 8.01. The second kappa shape index (κ2) is 5.24. The Hall–Kier alpha value is -1.79. The first-order chi connectivity index (χ1) is 8.67. The molecule has 2 rings (SSSR count). The minimum Gasteiger partial charge on any atom is -0.463 e. The maximum atomic E-state index is 11.4. The number of aromatic nitrogens is 1. The smallest absolute Gasteiger partial charge is 0.327 e. The van der Waals surface area contributed by atoms with Gasteiger partial charge in [0.1, 0.15) is 6.04 Å². The Morgan fingerprint density at radius 3 is 3.11 bits per heavy atom. The molecule has 0 saturated carbocycles. The largest absolute Gasteiger partial charge is 0.463 e. The molecule has 1 atom stereocenters. The van der Waals surface area contributed by atoms with Crippen LogP contribution in [0.5, 0.6) is 0 Å². The van der Waals surface area contributed by atoms with Crippen molar-refractivity contribution in [1.82, 2.24) is 4.57 Å². The molecule has 18 heavy (non-hydrogen) atoms. The molecule has 0 aliphatic rings. The van der Waals surface area contributed by atoms with Crippen LogP contribution in [0.15, 0.2) is 22.8 Å². The van der Waals surface area contributed by atoms with Gasteiger partial charge in [0.05, 0.1) is 18.4 Å². The van der Waals surface area contributed by atoms with Crippen LogP contribution in [0, 0.1) is 0 Å². The summed E-state index contributed by atoms with van der Waals surface area (Å²) >= 11 is 0. The van der Waals surface area contributed by atoms with Gasteiger partial charge in [-0.05, 0) is 6.42 Å². The highest BCUT2D eigenvalue weighted by molar-refractivity contribution is 5.77. The van der Waals surface area contributed by atoms with Crippen LogP contribution in [0.3, 0.4) is 0 Å². The summed E-state index contributed by atoms with van der Waals surface area (Å²) in [5, 5.41) is 8.75. The highest BCUT2D eigenvalue weighted by Gasteiger charge is 2.16. The Bertz CT molecular complexity index is 543. The molecular weight excluding hydrogens is 236 g/mol. The number of fused-ring (bicyclic) bond motifs is 1. The number of nitrogens with zero attached hydrogens (tertiary/aromatic N) is 1. The van der Waals surface area contributed by atoms with Gasteiger partial charge >= 0.3 is 5.97 Å². The van der Waals surface area contributed by atoms with Gasteiger partial charge < -0.3 is 24.6 Å². The number of rotatable bonds is 5. The maximum absolute atomic E-state index is 11.4. The predicted octanol–water partition coefficient (Wildman–Crippen LogP) is 0.617. The number of esters is 1. The van der Waals surface area contributed by atoms with Crippen molar-refractivity contribution in [2.75, 3.05) is 6.61 Å². The SMILES string of the molecule is CCc1cc2occc2n1COC(=O)[C@@H](N)CO. The van der Waals surface area contributed by atoms with Gasteiger partial charge in [0.25, 0.3) is 0 Å². The third kappa shape index (κ3) is 2.25. The monoisotopic (exact) mass is 252 g/mol. The topological polar surface area (TPSA) is 90.6 Å². The number of aliphatic hydroxyl groups is 1. The Morgan fingerprint density at radius 2 is 2.44 bits per heavy atom. The van der Waals surface area contributed by atoms with E-state index in [0.29, 0.717) is 0 Å². The van der Waals surface area contributed by atoms with Crippen molar-refractivity contribution in [1.29, 1.82) is 0 Å². The molecule has 0 aromatic carbocycles. The summed E-state index contributed by atoms with van der Waals surface area (Å²) in [6.45, 7) is 1.65. The fourth-order valence-corrected chi connectivity index (χ4v) is 1.78. The lowest BCUT2D eigenvalue weighted by molar-refractivity contribution is -0.149. The number of hydrogen-bond acceptors (Lipinski definition) is 5. The molecule has 98 valence electrons. The molecule has 2 aromatic heterocycles. The van der Waals surface area contributed by atoms with E-state index in [9.17, 15) is 4.79 Å². The molecule has 0 aliphatic heterocycles. The lowest BCUT2D eigenvalue weighted by Crippen LogP contribution is -2.36. The second-order valence-electron chi connectivity index (χ2n) is 3.97. The first kappa shape index (κ1) is 12.7. The molecule has 0 saturated heterocycles. The van der Waals surface area contributed by atoms with Crippen LogP contribution >= 0.6 is 0 Å². The minimum atomic E-state index is -0.995. The summed E-state index contributed by atoms with van der Waals surface area (Å²) < 4.78 is 12.2. The summed E-state index contributed by atoms with van der Waals surface area (Å²) in [6, 6.07) is 2.73. The highest BCUT2D eigenvalue weighted by Crippen LogP contribution is 2.21. The van der Waals surface area contributed by atoms with Gasteiger partial charge in [0.2, 0.25) is 0 Å². The normalized spacial score (nSPS) is 12.8. The molecule has 0 spiro atoms. The summed E-state index contributed by atoms with van der Waals surface area (Å²) in [4.78, 5) is 11.4. The van der Waals surface area contributed by atoms with Crippen molar-refractivity contribution < 1.29 is 19.1 Å². The summed E-state index contributed by atoms with van der Waals surface area (Å²) in [5.74, 6) is -0.620. The lowest BCUT2D eigenvalue weighted by atomic mass is 10.3. The fourth-order valence-electron chi connectivity index (χ4n) is 1.78. The van der Waals surface area contributed by atoms with E-state index >= 15 is 0 Å². The average molecular weight is 252 g/mol. The van der Waals surface area contributed by atoms with Crippen molar-refractivity contribution >= 4 is 17.1 Å². The van der Waals surface area contributed by atoms with Gasteiger partial charge in [-0.1, -0.05) is 6.92 Å². The van der Waals surface area contributed by atoms with Crippen LogP contribution in [0.1, 0.15) is 12.6 Å². The molecule has 6 heteroatoms. The van der Waals surface area contributed by atoms with E-state index < -0.39 is 18.6 Å². The zero-order valence-electron chi connectivity index (χ0n) is 10.1. The van der Waals surface area contributed by atoms with Crippen LogP contribution in [0.25, 0.3) is 11.1 Å². The third-order valence-electron chi connectivity index (χ3n) is 2.81. The van der Waals surface area contributed by atoms with Crippen LogP contribution in [0.2, 0.25) is 0 Å². The first-order valence-corrected chi connectivity index (χ1v) is 5.76. The fraction of sp³-hybridized carbons (Fsp3) is 0.417. The lowest BCUT2D eigenvalue weighted by Gasteiger charge is -2.12. The van der Waals surface area contributed by atoms with E-state index in [4.69, 9.17) is 20.0 Å². The average Bonchev–Trinajstić information content (AvgIpc) is 2.95. The molecular formula is C12H16N2O4. The highest BCUT2D eigenvalue weighted by atomic mass is 16.5. The van der Waals surface area contributed by atoms with E-state index in [-0.39, 0.29) is 6.73 Å². The number of aliphatic hydroxyl groups excluding tert-OH is 1. The van der Waals surface area contributed by atoms with E-state index in [1.165, 1.54) is 0 Å². The molecule has 0 aliphatic carbocycles. The van der Waals surface area contributed by atoms with Crippen LogP contribution in [0.4, 0.5) is 0 Å². The quantitative estimate of drug-likeness (QED) is 0.761. The van der Waals surface area contributed by atoms with Gasteiger partial charge in [-0.25, -0.2) is 0 Å². The molecule has 0 bridgehead atoms. The van der Waals surface area contributed by atoms with Crippen LogP contribution < -0.4 is 5.73 Å². The number of furan rings is 1. The number of carbonyl (C=O) groups excluding carboxylic acids is 1. The third-order valence-corrected chi connectivity index (χ3v) is 2.81. The number of carbonyl (C=O) groups is 1. The molecule has 0 unspecified atom stereocenters. The molecule has 0 radical (unpaired) electrons. The zero-order chi connectivity index (χ0) is 13.1. The summed E-state index contributed by atoms with van der Waals surface area (Å²) in [6.07, 6.45) is 2.38. The van der Waals surface area contributed by atoms with E-state index in [2.05, 4.69) is 0 Å².